The Labute approximate surface area is 190 Å². The quantitative estimate of drug-likeness (QED) is 0.451. The first-order chi connectivity index (χ1) is 15.5. The minimum atomic E-state index is -0.294. The standard InChI is InChI=1S/C21H20N4O2.C3H8.C2H6/c1-4-7-17(8-5-2)18-20(26)24-10-6-9-15(3)19(24)25(21(18)27)13-16-11-22-14-23-12-16;1-3-2;1-2/h4-12,14H,1,13H2,2-3H3;3H2,1-2H3;1-2H3/p+1/b8-5-,17-7+;;. The van der Waals surface area contributed by atoms with E-state index < -0.39 is 0 Å². The SMILES string of the molecule is C=C/C=C(\C=C/C)c1c(O)[n+](Cc2cncnc2)c2c(C)cccn2c1=O.CC.CCC. The second kappa shape index (κ2) is 13.7. The summed E-state index contributed by atoms with van der Waals surface area (Å²) in [5.41, 5.74) is 2.81. The van der Waals surface area contributed by atoms with Gasteiger partial charge in [-0.05, 0) is 31.6 Å². The minimum absolute atomic E-state index is 0.107. The van der Waals surface area contributed by atoms with E-state index in [2.05, 4.69) is 30.4 Å². The molecule has 3 heterocycles. The lowest BCUT2D eigenvalue weighted by molar-refractivity contribution is -0.672. The molecule has 3 aromatic rings. The molecule has 3 aromatic heterocycles. The van der Waals surface area contributed by atoms with E-state index in [0.717, 1.165) is 11.1 Å². The molecular weight excluding hydrogens is 400 g/mol. The van der Waals surface area contributed by atoms with Crippen LogP contribution in [0.1, 0.15) is 57.7 Å². The number of aromatic hydroxyl groups is 1. The lowest BCUT2D eigenvalue weighted by Gasteiger charge is -2.11. The number of hydrogen-bond acceptors (Lipinski definition) is 4. The Bertz CT molecular complexity index is 1130. The van der Waals surface area contributed by atoms with E-state index in [1.165, 1.54) is 12.7 Å². The number of allylic oxidation sites excluding steroid dienone is 5. The van der Waals surface area contributed by atoms with Crippen molar-refractivity contribution in [1.29, 1.82) is 0 Å². The lowest BCUT2D eigenvalue weighted by atomic mass is 10.1. The third kappa shape index (κ3) is 6.23. The fourth-order valence-electron chi connectivity index (χ4n) is 3.09. The highest BCUT2D eigenvalue weighted by Gasteiger charge is 2.26. The van der Waals surface area contributed by atoms with Crippen molar-refractivity contribution in [3.05, 3.63) is 95.0 Å². The van der Waals surface area contributed by atoms with Crippen molar-refractivity contribution in [3.8, 4) is 5.88 Å². The van der Waals surface area contributed by atoms with Crippen LogP contribution < -0.4 is 10.1 Å². The van der Waals surface area contributed by atoms with Gasteiger partial charge in [0.2, 0.25) is 0 Å². The Hall–Kier alpha value is -3.54. The maximum absolute atomic E-state index is 13.2. The van der Waals surface area contributed by atoms with Gasteiger partial charge in [0.05, 0.1) is 6.20 Å². The zero-order chi connectivity index (χ0) is 24.1. The van der Waals surface area contributed by atoms with Crippen LogP contribution in [-0.2, 0) is 6.54 Å². The normalized spacial score (nSPS) is 10.9. The van der Waals surface area contributed by atoms with Gasteiger partial charge in [-0.15, -0.1) is 0 Å². The van der Waals surface area contributed by atoms with Gasteiger partial charge in [0, 0.05) is 23.5 Å². The molecule has 0 fully saturated rings. The molecule has 3 rings (SSSR count). The fourth-order valence-corrected chi connectivity index (χ4v) is 3.09. The fraction of sp³-hybridized carbons (Fsp3) is 0.308. The summed E-state index contributed by atoms with van der Waals surface area (Å²) >= 11 is 0. The Morgan fingerprint density at radius 1 is 1.25 bits per heavy atom. The molecule has 170 valence electrons. The number of aryl methyl sites for hydroxylation is 1. The second-order valence-electron chi connectivity index (χ2n) is 6.79. The van der Waals surface area contributed by atoms with E-state index in [1.54, 1.807) is 45.8 Å². The smallest absolute Gasteiger partial charge is 0.354 e. The monoisotopic (exact) mass is 435 g/mol. The van der Waals surface area contributed by atoms with Gasteiger partial charge < -0.3 is 5.11 Å². The molecule has 0 saturated carbocycles. The Morgan fingerprint density at radius 2 is 1.88 bits per heavy atom. The summed E-state index contributed by atoms with van der Waals surface area (Å²) in [6.07, 6.45) is 14.7. The maximum atomic E-state index is 13.2. The van der Waals surface area contributed by atoms with Gasteiger partial charge in [0.1, 0.15) is 12.9 Å². The molecule has 1 N–H and O–H groups in total. The van der Waals surface area contributed by atoms with Gasteiger partial charge in [-0.3, -0.25) is 0 Å². The molecule has 0 spiro atoms. The molecule has 32 heavy (non-hydrogen) atoms. The van der Waals surface area contributed by atoms with Gasteiger partial charge in [0.15, 0.2) is 5.56 Å². The summed E-state index contributed by atoms with van der Waals surface area (Å²) in [7, 11) is 0. The van der Waals surface area contributed by atoms with Crippen molar-refractivity contribution in [3.63, 3.8) is 0 Å². The van der Waals surface area contributed by atoms with E-state index in [4.69, 9.17) is 0 Å². The van der Waals surface area contributed by atoms with Crippen molar-refractivity contribution in [2.75, 3.05) is 0 Å². The zero-order valence-electron chi connectivity index (χ0n) is 20.0. The topological polar surface area (TPSA) is 71.4 Å². The Morgan fingerprint density at radius 3 is 2.44 bits per heavy atom. The molecule has 0 saturated heterocycles. The summed E-state index contributed by atoms with van der Waals surface area (Å²) in [6, 6.07) is 3.71. The summed E-state index contributed by atoms with van der Waals surface area (Å²) in [5, 5.41) is 11.1. The highest BCUT2D eigenvalue weighted by atomic mass is 16.3. The van der Waals surface area contributed by atoms with Gasteiger partial charge in [-0.25, -0.2) is 14.8 Å². The van der Waals surface area contributed by atoms with Gasteiger partial charge >= 0.3 is 5.56 Å². The van der Waals surface area contributed by atoms with Crippen molar-refractivity contribution in [2.45, 2.75) is 54.5 Å². The highest BCUT2D eigenvalue weighted by Crippen LogP contribution is 2.22. The molecule has 0 aromatic carbocycles. The summed E-state index contributed by atoms with van der Waals surface area (Å²) in [5.74, 6) is -0.107. The number of rotatable bonds is 5. The first kappa shape index (κ1) is 26.5. The van der Waals surface area contributed by atoms with Crippen LogP contribution >= 0.6 is 0 Å². The van der Waals surface area contributed by atoms with Crippen LogP contribution in [0.4, 0.5) is 0 Å². The Balaban J connectivity index is 0.000000944. The third-order valence-corrected chi connectivity index (χ3v) is 4.22. The number of hydrogen-bond donors (Lipinski definition) is 1. The zero-order valence-corrected chi connectivity index (χ0v) is 20.0. The largest absolute Gasteiger partial charge is 0.477 e. The maximum Gasteiger partial charge on any atom is 0.354 e. The average Bonchev–Trinajstić information content (AvgIpc) is 2.80. The first-order valence-electron chi connectivity index (χ1n) is 11.0. The number of pyridine rings is 1. The van der Waals surface area contributed by atoms with E-state index in [-0.39, 0.29) is 17.0 Å². The van der Waals surface area contributed by atoms with Gasteiger partial charge in [-0.2, -0.15) is 8.97 Å². The molecule has 0 aliphatic rings. The molecule has 0 unspecified atom stereocenters. The van der Waals surface area contributed by atoms with Crippen LogP contribution in [0.5, 0.6) is 5.88 Å². The molecule has 0 bridgehead atoms. The molecule has 0 radical (unpaired) electrons. The lowest BCUT2D eigenvalue weighted by Crippen LogP contribution is -2.42. The number of aromatic nitrogens is 4. The number of nitrogens with zero attached hydrogens (tertiary/aromatic N) is 4. The van der Waals surface area contributed by atoms with Crippen LogP contribution in [-0.4, -0.2) is 19.5 Å². The molecule has 0 atom stereocenters. The predicted molar refractivity (Wildman–Crippen MR) is 132 cm³/mol. The van der Waals surface area contributed by atoms with E-state index >= 15 is 0 Å². The second-order valence-corrected chi connectivity index (χ2v) is 6.79. The van der Waals surface area contributed by atoms with E-state index in [1.807, 2.05) is 45.9 Å². The molecule has 6 heteroatoms. The summed E-state index contributed by atoms with van der Waals surface area (Å²) < 4.78 is 3.25. The molecule has 0 aliphatic heterocycles. The van der Waals surface area contributed by atoms with Crippen LogP contribution in [0.15, 0.2) is 72.7 Å². The van der Waals surface area contributed by atoms with Crippen LogP contribution in [0.25, 0.3) is 11.2 Å². The van der Waals surface area contributed by atoms with Crippen molar-refractivity contribution in [1.82, 2.24) is 14.4 Å². The van der Waals surface area contributed by atoms with Crippen molar-refractivity contribution >= 4 is 11.2 Å². The third-order valence-electron chi connectivity index (χ3n) is 4.22. The van der Waals surface area contributed by atoms with Gasteiger partial charge in [0.25, 0.3) is 11.5 Å². The van der Waals surface area contributed by atoms with Crippen LogP contribution in [0.3, 0.4) is 0 Å². The molecular formula is C26H35N4O2+. The molecule has 0 aliphatic carbocycles. The van der Waals surface area contributed by atoms with Crippen molar-refractivity contribution in [2.24, 2.45) is 0 Å². The van der Waals surface area contributed by atoms with Gasteiger partial charge in [-0.1, -0.05) is 65.0 Å². The average molecular weight is 436 g/mol. The first-order valence-corrected chi connectivity index (χ1v) is 11.0. The molecule has 6 nitrogen and oxygen atoms in total. The van der Waals surface area contributed by atoms with E-state index in [9.17, 15) is 9.90 Å². The van der Waals surface area contributed by atoms with Crippen LogP contribution in [0, 0.1) is 6.92 Å². The summed E-state index contributed by atoms with van der Waals surface area (Å²) in [6.45, 7) is 16.0. The predicted octanol–water partition coefficient (Wildman–Crippen LogP) is 5.03. The number of fused-ring (bicyclic) bond motifs is 1. The Kier molecular flexibility index (Phi) is 11.3. The minimum Gasteiger partial charge on any atom is -0.477 e. The highest BCUT2D eigenvalue weighted by molar-refractivity contribution is 5.77. The summed E-state index contributed by atoms with van der Waals surface area (Å²) in [4.78, 5) is 21.2. The van der Waals surface area contributed by atoms with E-state index in [0.29, 0.717) is 17.8 Å². The molecule has 0 amide bonds. The van der Waals surface area contributed by atoms with Crippen LogP contribution in [0.2, 0.25) is 0 Å². The van der Waals surface area contributed by atoms with Crippen molar-refractivity contribution < 1.29 is 9.67 Å².